The lowest BCUT2D eigenvalue weighted by molar-refractivity contribution is 0.0936. The molecule has 2 unspecified atom stereocenters. The molecule has 2 atom stereocenters. The topological polar surface area (TPSA) is 66.6 Å². The van der Waals surface area contributed by atoms with Crippen LogP contribution in [0.3, 0.4) is 0 Å². The molecule has 0 aliphatic heterocycles. The molecule has 5 nitrogen and oxygen atoms in total. The fraction of sp³-hybridized carbons (Fsp3) is 0.529. The largest absolute Gasteiger partial charge is 0.393 e. The number of rotatable bonds is 6. The first-order chi connectivity index (χ1) is 10.6. The molecule has 0 radical (unpaired) electrons. The summed E-state index contributed by atoms with van der Waals surface area (Å²) in [5.74, 6) is 1.59. The number of aliphatic hydroxyl groups is 1. The number of hydrogen-bond acceptors (Lipinski definition) is 3. The molecule has 1 amide bonds. The highest BCUT2D eigenvalue weighted by atomic mass is 16.3. The van der Waals surface area contributed by atoms with Crippen LogP contribution in [0.4, 0.5) is 0 Å². The first-order valence-corrected chi connectivity index (χ1v) is 7.99. The van der Waals surface area contributed by atoms with Crippen molar-refractivity contribution in [2.24, 2.45) is 5.92 Å². The number of amides is 1. The molecule has 0 saturated heterocycles. The Kier molecular flexibility index (Phi) is 4.16. The summed E-state index contributed by atoms with van der Waals surface area (Å²) in [5, 5.41) is 12.3. The van der Waals surface area contributed by atoms with E-state index in [0.29, 0.717) is 24.6 Å². The van der Waals surface area contributed by atoms with Crippen LogP contribution in [0.1, 0.15) is 55.3 Å². The third kappa shape index (κ3) is 3.14. The third-order valence-electron chi connectivity index (χ3n) is 4.09. The molecule has 0 bridgehead atoms. The second kappa shape index (κ2) is 6.08. The monoisotopic (exact) mass is 301 g/mol. The second-order valence-electron chi connectivity index (χ2n) is 6.45. The van der Waals surface area contributed by atoms with Gasteiger partial charge in [0.25, 0.3) is 5.91 Å². The highest BCUT2D eigenvalue weighted by Crippen LogP contribution is 2.39. The van der Waals surface area contributed by atoms with Crippen molar-refractivity contribution in [3.05, 3.63) is 35.9 Å². The molecule has 1 aliphatic carbocycles. The third-order valence-corrected chi connectivity index (χ3v) is 4.09. The fourth-order valence-corrected chi connectivity index (χ4v) is 2.87. The van der Waals surface area contributed by atoms with Crippen LogP contribution < -0.4 is 5.32 Å². The predicted octanol–water partition coefficient (Wildman–Crippen LogP) is 2.35. The zero-order valence-corrected chi connectivity index (χ0v) is 13.1. The number of pyridine rings is 1. The summed E-state index contributed by atoms with van der Waals surface area (Å²) >= 11 is 0. The maximum absolute atomic E-state index is 12.5. The van der Waals surface area contributed by atoms with Crippen molar-refractivity contribution in [3.8, 4) is 0 Å². The minimum atomic E-state index is -0.346. The summed E-state index contributed by atoms with van der Waals surface area (Å²) < 4.78 is 2.03. The molecular weight excluding hydrogens is 278 g/mol. The van der Waals surface area contributed by atoms with Gasteiger partial charge in [0.1, 0.15) is 5.82 Å². The van der Waals surface area contributed by atoms with Gasteiger partial charge in [0.05, 0.1) is 11.6 Å². The van der Waals surface area contributed by atoms with Gasteiger partial charge in [-0.2, -0.15) is 0 Å². The number of aromatic nitrogens is 2. The van der Waals surface area contributed by atoms with E-state index in [0.717, 1.165) is 24.2 Å². The molecule has 2 heterocycles. The van der Waals surface area contributed by atoms with Gasteiger partial charge in [-0.15, -0.1) is 0 Å². The maximum Gasteiger partial charge on any atom is 0.272 e. The van der Waals surface area contributed by atoms with Gasteiger partial charge in [0.15, 0.2) is 5.69 Å². The molecule has 118 valence electrons. The zero-order valence-electron chi connectivity index (χ0n) is 13.1. The van der Waals surface area contributed by atoms with Crippen LogP contribution in [-0.2, 0) is 0 Å². The molecule has 1 aliphatic rings. The summed E-state index contributed by atoms with van der Waals surface area (Å²) in [4.78, 5) is 17.0. The van der Waals surface area contributed by atoms with E-state index in [9.17, 15) is 9.90 Å². The summed E-state index contributed by atoms with van der Waals surface area (Å²) in [7, 11) is 0. The normalized spacial score (nSPS) is 17.4. The minimum absolute atomic E-state index is 0.131. The Hall–Kier alpha value is -1.88. The Bertz CT molecular complexity index is 674. The molecule has 2 aromatic heterocycles. The number of imidazole rings is 1. The Balaban J connectivity index is 1.76. The second-order valence-corrected chi connectivity index (χ2v) is 6.45. The van der Waals surface area contributed by atoms with Crippen molar-refractivity contribution in [2.75, 3.05) is 6.54 Å². The van der Waals surface area contributed by atoms with Crippen molar-refractivity contribution in [1.29, 1.82) is 0 Å². The van der Waals surface area contributed by atoms with Gasteiger partial charge in [-0.25, -0.2) is 4.98 Å². The molecule has 3 rings (SSSR count). The average Bonchev–Trinajstić information content (AvgIpc) is 3.25. The van der Waals surface area contributed by atoms with E-state index in [1.54, 1.807) is 6.92 Å². The van der Waals surface area contributed by atoms with Gasteiger partial charge in [0, 0.05) is 18.7 Å². The van der Waals surface area contributed by atoms with E-state index in [1.165, 1.54) is 0 Å². The molecule has 2 N–H and O–H groups in total. The molecule has 1 saturated carbocycles. The lowest BCUT2D eigenvalue weighted by Crippen LogP contribution is -2.29. The predicted molar refractivity (Wildman–Crippen MR) is 85.0 cm³/mol. The van der Waals surface area contributed by atoms with Gasteiger partial charge in [-0.05, 0) is 44.2 Å². The van der Waals surface area contributed by atoms with Crippen LogP contribution in [0.5, 0.6) is 0 Å². The molecule has 2 aromatic rings. The maximum atomic E-state index is 12.5. The Labute approximate surface area is 130 Å². The number of aliphatic hydroxyl groups excluding tert-OH is 1. The van der Waals surface area contributed by atoms with Crippen molar-refractivity contribution in [2.45, 2.75) is 45.1 Å². The van der Waals surface area contributed by atoms with E-state index in [1.807, 2.05) is 35.7 Å². The molecule has 1 fully saturated rings. The number of fused-ring (bicyclic) bond motifs is 1. The number of nitrogens with one attached hydrogen (secondary N) is 1. The standard InChI is InChI=1S/C17H23N3O2/c1-11(9-12(2)21)10-18-17(22)15-14-5-3-4-8-20(14)16(19-15)13-6-7-13/h3-5,8,11-13,21H,6-7,9-10H2,1-2H3,(H,18,22). The Morgan fingerprint density at radius 1 is 1.45 bits per heavy atom. The summed E-state index contributed by atoms with van der Waals surface area (Å²) in [6.45, 7) is 4.34. The molecule has 0 spiro atoms. The lowest BCUT2D eigenvalue weighted by Gasteiger charge is -2.13. The van der Waals surface area contributed by atoms with Crippen molar-refractivity contribution < 1.29 is 9.90 Å². The zero-order chi connectivity index (χ0) is 15.7. The highest BCUT2D eigenvalue weighted by Gasteiger charge is 2.30. The summed E-state index contributed by atoms with van der Waals surface area (Å²) in [6.07, 6.45) is 4.61. The first-order valence-electron chi connectivity index (χ1n) is 7.99. The number of carbonyl (C=O) groups excluding carboxylic acids is 1. The van der Waals surface area contributed by atoms with Crippen LogP contribution in [0.2, 0.25) is 0 Å². The van der Waals surface area contributed by atoms with Crippen LogP contribution in [-0.4, -0.2) is 33.0 Å². The molecule has 0 aromatic carbocycles. The van der Waals surface area contributed by atoms with Crippen molar-refractivity contribution >= 4 is 11.4 Å². The van der Waals surface area contributed by atoms with E-state index >= 15 is 0 Å². The first kappa shape index (κ1) is 15.0. The number of nitrogens with zero attached hydrogens (tertiary/aromatic N) is 2. The number of hydrogen-bond donors (Lipinski definition) is 2. The Morgan fingerprint density at radius 2 is 2.23 bits per heavy atom. The van der Waals surface area contributed by atoms with E-state index in [2.05, 4.69) is 10.3 Å². The van der Waals surface area contributed by atoms with E-state index < -0.39 is 0 Å². The quantitative estimate of drug-likeness (QED) is 0.860. The lowest BCUT2D eigenvalue weighted by atomic mass is 10.0. The van der Waals surface area contributed by atoms with Gasteiger partial charge in [-0.3, -0.25) is 4.79 Å². The molecular formula is C17H23N3O2. The van der Waals surface area contributed by atoms with E-state index in [-0.39, 0.29) is 17.9 Å². The SMILES string of the molecule is CC(O)CC(C)CNC(=O)c1nc(C2CC2)n2ccccc12. The van der Waals surface area contributed by atoms with Crippen molar-refractivity contribution in [1.82, 2.24) is 14.7 Å². The van der Waals surface area contributed by atoms with Crippen LogP contribution in [0.25, 0.3) is 5.52 Å². The smallest absolute Gasteiger partial charge is 0.272 e. The van der Waals surface area contributed by atoms with Crippen molar-refractivity contribution in [3.63, 3.8) is 0 Å². The van der Waals surface area contributed by atoms with Gasteiger partial charge in [0.2, 0.25) is 0 Å². The minimum Gasteiger partial charge on any atom is -0.393 e. The van der Waals surface area contributed by atoms with Gasteiger partial charge < -0.3 is 14.8 Å². The molecule has 22 heavy (non-hydrogen) atoms. The van der Waals surface area contributed by atoms with Gasteiger partial charge in [-0.1, -0.05) is 13.0 Å². The van der Waals surface area contributed by atoms with Crippen LogP contribution >= 0.6 is 0 Å². The number of carbonyl (C=O) groups is 1. The highest BCUT2D eigenvalue weighted by molar-refractivity contribution is 5.99. The summed E-state index contributed by atoms with van der Waals surface area (Å²) in [5.41, 5.74) is 1.37. The molecule has 5 heteroatoms. The van der Waals surface area contributed by atoms with Crippen LogP contribution in [0.15, 0.2) is 24.4 Å². The fourth-order valence-electron chi connectivity index (χ4n) is 2.87. The van der Waals surface area contributed by atoms with Crippen LogP contribution in [0, 0.1) is 5.92 Å². The van der Waals surface area contributed by atoms with E-state index in [4.69, 9.17) is 0 Å². The Morgan fingerprint density at radius 3 is 2.91 bits per heavy atom. The average molecular weight is 301 g/mol. The summed E-state index contributed by atoms with van der Waals surface area (Å²) in [6, 6.07) is 5.83. The van der Waals surface area contributed by atoms with Gasteiger partial charge >= 0.3 is 0 Å².